The summed E-state index contributed by atoms with van der Waals surface area (Å²) in [5.41, 5.74) is 3.01. The molecule has 160 valence electrons. The second-order valence-corrected chi connectivity index (χ2v) is 7.70. The van der Waals surface area contributed by atoms with E-state index in [1.165, 1.54) is 0 Å². The van der Waals surface area contributed by atoms with Crippen LogP contribution >= 0.6 is 12.2 Å². The zero-order chi connectivity index (χ0) is 22.2. The van der Waals surface area contributed by atoms with Gasteiger partial charge < -0.3 is 15.2 Å². The average Bonchev–Trinajstić information content (AvgIpc) is 2.79. The Kier molecular flexibility index (Phi) is 7.62. The Balaban J connectivity index is 1.62. The van der Waals surface area contributed by atoms with Gasteiger partial charge in [-0.1, -0.05) is 56.3 Å². The van der Waals surface area contributed by atoms with Crippen molar-refractivity contribution in [3.63, 3.8) is 0 Å². The maximum Gasteiger partial charge on any atom is 0.257 e. The number of benzene rings is 3. The van der Waals surface area contributed by atoms with Crippen LogP contribution in [0.2, 0.25) is 0 Å². The molecule has 0 spiro atoms. The molecule has 0 saturated carbocycles. The molecule has 1 amide bonds. The van der Waals surface area contributed by atoms with Crippen molar-refractivity contribution < 1.29 is 14.6 Å². The summed E-state index contributed by atoms with van der Waals surface area (Å²) in [7, 11) is 0. The van der Waals surface area contributed by atoms with Gasteiger partial charge in [0.05, 0.1) is 5.69 Å². The van der Waals surface area contributed by atoms with Crippen LogP contribution in [-0.2, 0) is 6.61 Å². The van der Waals surface area contributed by atoms with E-state index in [4.69, 9.17) is 17.0 Å². The van der Waals surface area contributed by atoms with Crippen molar-refractivity contribution in [2.24, 2.45) is 0 Å². The molecule has 0 radical (unpaired) electrons. The van der Waals surface area contributed by atoms with Crippen LogP contribution < -0.4 is 15.4 Å². The Bertz CT molecular complexity index is 1050. The molecule has 0 aliphatic rings. The minimum Gasteiger partial charge on any atom is -0.506 e. The zero-order valence-electron chi connectivity index (χ0n) is 17.6. The summed E-state index contributed by atoms with van der Waals surface area (Å²) < 4.78 is 5.78. The maximum atomic E-state index is 12.6. The second kappa shape index (κ2) is 10.6. The van der Waals surface area contributed by atoms with E-state index >= 15 is 0 Å². The highest BCUT2D eigenvalue weighted by Gasteiger charge is 2.12. The lowest BCUT2D eigenvalue weighted by Gasteiger charge is -2.15. The number of anilines is 1. The molecule has 0 saturated heterocycles. The summed E-state index contributed by atoms with van der Waals surface area (Å²) in [4.78, 5) is 12.6. The number of phenolic OH excluding ortho intramolecular Hbond substituents is 1. The summed E-state index contributed by atoms with van der Waals surface area (Å²) in [5.74, 6) is 0.650. The first-order chi connectivity index (χ1) is 15.0. The van der Waals surface area contributed by atoms with Gasteiger partial charge in [0.25, 0.3) is 5.91 Å². The highest BCUT2D eigenvalue weighted by Crippen LogP contribution is 2.29. The topological polar surface area (TPSA) is 70.6 Å². The van der Waals surface area contributed by atoms with Crippen LogP contribution in [-0.4, -0.2) is 16.1 Å². The van der Waals surface area contributed by atoms with E-state index in [0.717, 1.165) is 17.5 Å². The number of carbonyl (C=O) groups excluding carboxylic acids is 1. The van der Waals surface area contributed by atoms with Crippen LogP contribution in [0.5, 0.6) is 11.5 Å². The zero-order valence-corrected chi connectivity index (χ0v) is 18.4. The SMILES string of the molecule is CCC(C)c1ccc(O)c(NC(=S)NC(=O)c2cccc(OCc3ccccc3)c2)c1. The molecule has 3 rings (SSSR count). The van der Waals surface area contributed by atoms with Crippen LogP contribution in [0.4, 0.5) is 5.69 Å². The number of rotatable bonds is 7. The average molecular weight is 435 g/mol. The van der Waals surface area contributed by atoms with E-state index in [-0.39, 0.29) is 16.8 Å². The molecule has 0 fully saturated rings. The summed E-state index contributed by atoms with van der Waals surface area (Å²) >= 11 is 5.27. The van der Waals surface area contributed by atoms with Crippen LogP contribution in [0.15, 0.2) is 72.8 Å². The van der Waals surface area contributed by atoms with E-state index < -0.39 is 0 Å². The minimum atomic E-state index is -0.361. The molecule has 0 aliphatic carbocycles. The first-order valence-electron chi connectivity index (χ1n) is 10.2. The fourth-order valence-electron chi connectivity index (χ4n) is 2.99. The highest BCUT2D eigenvalue weighted by molar-refractivity contribution is 7.80. The van der Waals surface area contributed by atoms with Crippen LogP contribution in [0, 0.1) is 0 Å². The molecule has 1 unspecified atom stereocenters. The van der Waals surface area contributed by atoms with Crippen molar-refractivity contribution in [2.75, 3.05) is 5.32 Å². The molecular weight excluding hydrogens is 408 g/mol. The van der Waals surface area contributed by atoms with Gasteiger partial charge in [0.1, 0.15) is 18.1 Å². The Morgan fingerprint density at radius 3 is 2.58 bits per heavy atom. The van der Waals surface area contributed by atoms with E-state index in [1.54, 1.807) is 30.3 Å². The summed E-state index contributed by atoms with van der Waals surface area (Å²) in [6, 6.07) is 22.1. The predicted octanol–water partition coefficient (Wildman–Crippen LogP) is 5.61. The van der Waals surface area contributed by atoms with Gasteiger partial charge in [-0.25, -0.2) is 0 Å². The van der Waals surface area contributed by atoms with Gasteiger partial charge in [0.2, 0.25) is 0 Å². The van der Waals surface area contributed by atoms with Crippen molar-refractivity contribution in [1.29, 1.82) is 0 Å². The number of amides is 1. The lowest BCUT2D eigenvalue weighted by molar-refractivity contribution is 0.0977. The number of phenols is 1. The molecule has 6 heteroatoms. The van der Waals surface area contributed by atoms with Gasteiger partial charge >= 0.3 is 0 Å². The maximum absolute atomic E-state index is 12.6. The lowest BCUT2D eigenvalue weighted by atomic mass is 9.98. The van der Waals surface area contributed by atoms with Crippen molar-refractivity contribution in [2.45, 2.75) is 32.8 Å². The van der Waals surface area contributed by atoms with Crippen molar-refractivity contribution in [3.05, 3.63) is 89.5 Å². The number of aromatic hydroxyl groups is 1. The summed E-state index contributed by atoms with van der Waals surface area (Å²) in [6.07, 6.45) is 0.980. The molecular formula is C25H26N2O3S. The summed E-state index contributed by atoms with van der Waals surface area (Å²) in [6.45, 7) is 4.63. The number of nitrogens with one attached hydrogen (secondary N) is 2. The van der Waals surface area contributed by atoms with E-state index in [0.29, 0.717) is 29.5 Å². The molecule has 0 aliphatic heterocycles. The van der Waals surface area contributed by atoms with Gasteiger partial charge in [-0.3, -0.25) is 10.1 Å². The summed E-state index contributed by atoms with van der Waals surface area (Å²) in [5, 5.41) is 15.8. The Hall–Kier alpha value is -3.38. The van der Waals surface area contributed by atoms with Crippen molar-refractivity contribution in [1.82, 2.24) is 5.32 Å². The predicted molar refractivity (Wildman–Crippen MR) is 128 cm³/mol. The third kappa shape index (κ3) is 6.30. The first-order valence-corrected chi connectivity index (χ1v) is 10.6. The molecule has 1 atom stereocenters. The molecule has 3 aromatic carbocycles. The number of hydrogen-bond acceptors (Lipinski definition) is 4. The van der Waals surface area contributed by atoms with Crippen LogP contribution in [0.1, 0.15) is 47.7 Å². The van der Waals surface area contributed by atoms with E-state index in [2.05, 4.69) is 24.5 Å². The number of hydrogen-bond donors (Lipinski definition) is 3. The molecule has 31 heavy (non-hydrogen) atoms. The lowest BCUT2D eigenvalue weighted by Crippen LogP contribution is -2.34. The molecule has 0 aromatic heterocycles. The highest BCUT2D eigenvalue weighted by atomic mass is 32.1. The Morgan fingerprint density at radius 1 is 1.06 bits per heavy atom. The largest absolute Gasteiger partial charge is 0.506 e. The third-order valence-corrected chi connectivity index (χ3v) is 5.23. The fourth-order valence-corrected chi connectivity index (χ4v) is 3.20. The number of thiocarbonyl (C=S) groups is 1. The van der Waals surface area contributed by atoms with E-state index in [9.17, 15) is 9.90 Å². The number of carbonyl (C=O) groups is 1. The Labute approximate surface area is 188 Å². The number of ether oxygens (including phenoxy) is 1. The van der Waals surface area contributed by atoms with Crippen molar-refractivity contribution in [3.8, 4) is 11.5 Å². The first kappa shape index (κ1) is 22.3. The van der Waals surface area contributed by atoms with Crippen molar-refractivity contribution >= 4 is 28.9 Å². The van der Waals surface area contributed by atoms with Gasteiger partial charge in [-0.15, -0.1) is 0 Å². The molecule has 5 nitrogen and oxygen atoms in total. The minimum absolute atomic E-state index is 0.0694. The van der Waals surface area contributed by atoms with Gasteiger partial charge in [-0.2, -0.15) is 0 Å². The standard InChI is InChI=1S/C25H26N2O3S/c1-3-17(2)19-12-13-23(28)22(15-19)26-25(31)27-24(29)20-10-7-11-21(14-20)30-16-18-8-5-4-6-9-18/h4-15,17,28H,3,16H2,1-2H3,(H2,26,27,29,31). The second-order valence-electron chi connectivity index (χ2n) is 7.30. The Morgan fingerprint density at radius 2 is 1.84 bits per heavy atom. The third-order valence-electron chi connectivity index (χ3n) is 5.02. The normalized spacial score (nSPS) is 11.4. The fraction of sp³-hybridized carbons (Fsp3) is 0.200. The molecule has 0 bridgehead atoms. The smallest absolute Gasteiger partial charge is 0.257 e. The monoisotopic (exact) mass is 434 g/mol. The molecule has 3 N–H and O–H groups in total. The van der Waals surface area contributed by atoms with Crippen LogP contribution in [0.3, 0.4) is 0 Å². The van der Waals surface area contributed by atoms with Gasteiger partial charge in [0, 0.05) is 5.56 Å². The van der Waals surface area contributed by atoms with Gasteiger partial charge in [-0.05, 0) is 66.0 Å². The van der Waals surface area contributed by atoms with E-state index in [1.807, 2.05) is 42.5 Å². The molecule has 0 heterocycles. The van der Waals surface area contributed by atoms with Gasteiger partial charge in [0.15, 0.2) is 5.11 Å². The van der Waals surface area contributed by atoms with Crippen LogP contribution in [0.25, 0.3) is 0 Å². The molecule has 3 aromatic rings. The quantitative estimate of drug-likeness (QED) is 0.333.